The minimum absolute atomic E-state index is 0.0299. The molecule has 6 nitrogen and oxygen atoms in total. The third-order valence-electron chi connectivity index (χ3n) is 4.86. The number of aromatic nitrogens is 2. The number of amides is 1. The van der Waals surface area contributed by atoms with Crippen molar-refractivity contribution in [3.63, 3.8) is 0 Å². The normalized spacial score (nSPS) is 11.0. The number of likely N-dealkylation sites (N-methyl/N-ethyl adjacent to an activating group) is 1. The van der Waals surface area contributed by atoms with E-state index in [9.17, 15) is 9.59 Å². The standard InChI is InChI=1S/C21H25N3O3S/c1-14-5-7-17(8-6-14)27-12-11-23(4)18(25)9-10-24-13-22-20-19(21(24)26)15(2)16(3)28-20/h5-8,13H,9-12H2,1-4H3. The molecule has 0 fully saturated rings. The van der Waals surface area contributed by atoms with Crippen LogP contribution in [0.3, 0.4) is 0 Å². The van der Waals surface area contributed by atoms with Crippen LogP contribution in [0, 0.1) is 20.8 Å². The van der Waals surface area contributed by atoms with Gasteiger partial charge in [0.15, 0.2) is 0 Å². The fourth-order valence-corrected chi connectivity index (χ4v) is 3.88. The zero-order valence-corrected chi connectivity index (χ0v) is 17.5. The van der Waals surface area contributed by atoms with Gasteiger partial charge in [0.05, 0.1) is 18.3 Å². The number of aryl methyl sites for hydroxylation is 4. The van der Waals surface area contributed by atoms with Gasteiger partial charge in [-0.05, 0) is 38.5 Å². The predicted molar refractivity (Wildman–Crippen MR) is 112 cm³/mol. The van der Waals surface area contributed by atoms with E-state index in [4.69, 9.17) is 4.74 Å². The molecule has 0 unspecified atom stereocenters. The van der Waals surface area contributed by atoms with Crippen LogP contribution < -0.4 is 10.3 Å². The van der Waals surface area contributed by atoms with Gasteiger partial charge in [0.25, 0.3) is 5.56 Å². The van der Waals surface area contributed by atoms with E-state index >= 15 is 0 Å². The van der Waals surface area contributed by atoms with Crippen molar-refractivity contribution >= 4 is 27.5 Å². The summed E-state index contributed by atoms with van der Waals surface area (Å²) in [7, 11) is 1.75. The van der Waals surface area contributed by atoms with E-state index in [1.54, 1.807) is 11.9 Å². The summed E-state index contributed by atoms with van der Waals surface area (Å²) in [6, 6.07) is 7.81. The molecule has 0 spiro atoms. The third-order valence-corrected chi connectivity index (χ3v) is 5.98. The van der Waals surface area contributed by atoms with Crippen LogP contribution in [-0.2, 0) is 11.3 Å². The summed E-state index contributed by atoms with van der Waals surface area (Å²) in [5, 5.41) is 0.664. The Morgan fingerprint density at radius 3 is 2.64 bits per heavy atom. The van der Waals surface area contributed by atoms with Crippen LogP contribution in [0.1, 0.15) is 22.4 Å². The SMILES string of the molecule is Cc1ccc(OCCN(C)C(=O)CCn2cnc3sc(C)c(C)c3c2=O)cc1. The lowest BCUT2D eigenvalue weighted by atomic mass is 10.2. The molecule has 2 aromatic heterocycles. The molecule has 3 rings (SSSR count). The van der Waals surface area contributed by atoms with Crippen LogP contribution in [0.2, 0.25) is 0 Å². The fraction of sp³-hybridized carbons (Fsp3) is 0.381. The van der Waals surface area contributed by atoms with Crippen molar-refractivity contribution in [3.8, 4) is 5.75 Å². The van der Waals surface area contributed by atoms with Crippen LogP contribution in [0.15, 0.2) is 35.4 Å². The van der Waals surface area contributed by atoms with Gasteiger partial charge in [-0.1, -0.05) is 17.7 Å². The van der Waals surface area contributed by atoms with Crippen molar-refractivity contribution in [1.29, 1.82) is 0 Å². The molecule has 0 aliphatic rings. The second-order valence-electron chi connectivity index (χ2n) is 6.93. The van der Waals surface area contributed by atoms with Crippen molar-refractivity contribution in [2.24, 2.45) is 0 Å². The van der Waals surface area contributed by atoms with Crippen molar-refractivity contribution in [2.45, 2.75) is 33.7 Å². The van der Waals surface area contributed by atoms with E-state index in [1.165, 1.54) is 27.8 Å². The Balaban J connectivity index is 1.54. The minimum Gasteiger partial charge on any atom is -0.492 e. The number of rotatable bonds is 7. The third kappa shape index (κ3) is 4.42. The van der Waals surface area contributed by atoms with Crippen LogP contribution >= 0.6 is 11.3 Å². The summed E-state index contributed by atoms with van der Waals surface area (Å²) >= 11 is 1.53. The zero-order chi connectivity index (χ0) is 20.3. The smallest absolute Gasteiger partial charge is 0.262 e. The molecule has 0 N–H and O–H groups in total. The van der Waals surface area contributed by atoms with Gasteiger partial charge < -0.3 is 9.64 Å². The Morgan fingerprint density at radius 1 is 1.21 bits per heavy atom. The molecule has 0 saturated carbocycles. The quantitative estimate of drug-likeness (QED) is 0.611. The van der Waals surface area contributed by atoms with Gasteiger partial charge in [0, 0.05) is 24.9 Å². The van der Waals surface area contributed by atoms with Crippen LogP contribution in [0.5, 0.6) is 5.75 Å². The van der Waals surface area contributed by atoms with E-state index in [-0.39, 0.29) is 17.9 Å². The predicted octanol–water partition coefficient (Wildman–Crippen LogP) is 3.31. The van der Waals surface area contributed by atoms with E-state index in [2.05, 4.69) is 4.98 Å². The number of hydrogen-bond donors (Lipinski definition) is 0. The molecule has 0 bridgehead atoms. The molecule has 2 heterocycles. The van der Waals surface area contributed by atoms with E-state index < -0.39 is 0 Å². The average Bonchev–Trinajstić information content (AvgIpc) is 2.97. The Bertz CT molecular complexity index is 1040. The first-order valence-electron chi connectivity index (χ1n) is 9.25. The molecular formula is C21H25N3O3S. The Hall–Kier alpha value is -2.67. The van der Waals surface area contributed by atoms with E-state index in [0.29, 0.717) is 25.1 Å². The van der Waals surface area contributed by atoms with Crippen molar-refractivity contribution in [2.75, 3.05) is 20.2 Å². The highest BCUT2D eigenvalue weighted by atomic mass is 32.1. The van der Waals surface area contributed by atoms with Gasteiger partial charge in [-0.15, -0.1) is 11.3 Å². The first-order chi connectivity index (χ1) is 13.4. The van der Waals surface area contributed by atoms with Gasteiger partial charge in [0.2, 0.25) is 5.91 Å². The number of hydrogen-bond acceptors (Lipinski definition) is 5. The summed E-state index contributed by atoms with van der Waals surface area (Å²) in [4.78, 5) is 32.9. The average molecular weight is 400 g/mol. The van der Waals surface area contributed by atoms with Crippen molar-refractivity contribution in [1.82, 2.24) is 14.5 Å². The molecule has 1 amide bonds. The summed E-state index contributed by atoms with van der Waals surface area (Å²) < 4.78 is 7.19. The second-order valence-corrected chi connectivity index (χ2v) is 8.14. The Labute approximate surface area is 168 Å². The van der Waals surface area contributed by atoms with Gasteiger partial charge in [0.1, 0.15) is 17.2 Å². The lowest BCUT2D eigenvalue weighted by Crippen LogP contribution is -2.32. The van der Waals surface area contributed by atoms with E-state index in [0.717, 1.165) is 21.0 Å². The fourth-order valence-electron chi connectivity index (χ4n) is 2.90. The minimum atomic E-state index is -0.0787. The number of carbonyl (C=O) groups excluding carboxylic acids is 1. The van der Waals surface area contributed by atoms with Crippen molar-refractivity contribution in [3.05, 3.63) is 57.0 Å². The van der Waals surface area contributed by atoms with Gasteiger partial charge in [-0.3, -0.25) is 14.2 Å². The maximum atomic E-state index is 12.7. The summed E-state index contributed by atoms with van der Waals surface area (Å²) in [6.07, 6.45) is 1.78. The summed E-state index contributed by atoms with van der Waals surface area (Å²) in [5.41, 5.74) is 2.07. The monoisotopic (exact) mass is 399 g/mol. The van der Waals surface area contributed by atoms with Gasteiger partial charge in [-0.25, -0.2) is 4.98 Å². The maximum absolute atomic E-state index is 12.7. The lowest BCUT2D eigenvalue weighted by Gasteiger charge is -2.18. The van der Waals surface area contributed by atoms with Crippen LogP contribution in [0.4, 0.5) is 0 Å². The molecule has 7 heteroatoms. The second kappa shape index (κ2) is 8.56. The highest BCUT2D eigenvalue weighted by Gasteiger charge is 2.14. The molecule has 0 radical (unpaired) electrons. The highest BCUT2D eigenvalue weighted by Crippen LogP contribution is 2.25. The highest BCUT2D eigenvalue weighted by molar-refractivity contribution is 7.18. The molecule has 0 atom stereocenters. The number of thiophene rings is 1. The topological polar surface area (TPSA) is 64.4 Å². The zero-order valence-electron chi connectivity index (χ0n) is 16.7. The Kier molecular flexibility index (Phi) is 6.14. The van der Waals surface area contributed by atoms with E-state index in [1.807, 2.05) is 45.0 Å². The molecule has 28 heavy (non-hydrogen) atoms. The van der Waals surface area contributed by atoms with Gasteiger partial charge in [-0.2, -0.15) is 0 Å². The number of ether oxygens (including phenoxy) is 1. The number of carbonyl (C=O) groups is 1. The lowest BCUT2D eigenvalue weighted by molar-refractivity contribution is -0.130. The van der Waals surface area contributed by atoms with Crippen LogP contribution in [0.25, 0.3) is 10.2 Å². The number of fused-ring (bicyclic) bond motifs is 1. The first kappa shape index (κ1) is 20.1. The maximum Gasteiger partial charge on any atom is 0.262 e. The Morgan fingerprint density at radius 2 is 1.93 bits per heavy atom. The molecule has 0 aliphatic carbocycles. The van der Waals surface area contributed by atoms with Crippen molar-refractivity contribution < 1.29 is 9.53 Å². The molecular weight excluding hydrogens is 374 g/mol. The van der Waals surface area contributed by atoms with Gasteiger partial charge >= 0.3 is 0 Å². The van der Waals surface area contributed by atoms with Crippen LogP contribution in [-0.4, -0.2) is 40.6 Å². The molecule has 148 valence electrons. The number of benzene rings is 1. The largest absolute Gasteiger partial charge is 0.492 e. The molecule has 3 aromatic rings. The molecule has 0 aliphatic heterocycles. The summed E-state index contributed by atoms with van der Waals surface area (Å²) in [5.74, 6) is 0.761. The summed E-state index contributed by atoms with van der Waals surface area (Å²) in [6.45, 7) is 7.18. The number of nitrogens with zero attached hydrogens (tertiary/aromatic N) is 3. The molecule has 0 saturated heterocycles. The molecule has 1 aromatic carbocycles. The first-order valence-corrected chi connectivity index (χ1v) is 10.1.